The van der Waals surface area contributed by atoms with E-state index in [-0.39, 0.29) is 23.6 Å². The number of hydrogen-bond acceptors (Lipinski definition) is 4. The number of carbonyl (C=O) groups excluding carboxylic acids is 1. The number of para-hydroxylation sites is 2. The molecule has 2 atom stereocenters. The number of hydrogen-bond donors (Lipinski definition) is 1. The molecule has 174 valence electrons. The Morgan fingerprint density at radius 1 is 1.00 bits per heavy atom. The standard InChI is InChI=1S/C29H26N4OS/c34-26(19-35-29-30-24-16-7-8-17-25(24)31-29)33-28(21-12-5-2-6-13-21)23-15-9-14-22(27(23)32-33)18-20-10-3-1-4-11-20/h1-8,10-13,16-18,23,28H,9,14-15,19H2,(H,30,31). The van der Waals surface area contributed by atoms with Crippen LogP contribution in [-0.2, 0) is 4.79 Å². The summed E-state index contributed by atoms with van der Waals surface area (Å²) in [6.07, 6.45) is 5.36. The normalized spacial score (nSPS) is 20.7. The van der Waals surface area contributed by atoms with Crippen LogP contribution in [-0.4, -0.2) is 32.3 Å². The molecule has 5 nitrogen and oxygen atoms in total. The minimum atomic E-state index is -0.0746. The van der Waals surface area contributed by atoms with E-state index in [0.717, 1.165) is 46.7 Å². The van der Waals surface area contributed by atoms with E-state index in [9.17, 15) is 4.79 Å². The number of allylic oxidation sites excluding steroid dienone is 1. The van der Waals surface area contributed by atoms with Crippen molar-refractivity contribution in [2.75, 3.05) is 5.75 Å². The summed E-state index contributed by atoms with van der Waals surface area (Å²) >= 11 is 1.43. The molecule has 2 heterocycles. The van der Waals surface area contributed by atoms with Crippen LogP contribution in [0.25, 0.3) is 17.1 Å². The van der Waals surface area contributed by atoms with Gasteiger partial charge in [-0.25, -0.2) is 9.99 Å². The summed E-state index contributed by atoms with van der Waals surface area (Å²) in [6, 6.07) is 28.6. The van der Waals surface area contributed by atoms with Gasteiger partial charge < -0.3 is 4.98 Å². The monoisotopic (exact) mass is 478 g/mol. The molecule has 1 saturated carbocycles. The van der Waals surface area contributed by atoms with E-state index in [1.165, 1.54) is 22.9 Å². The van der Waals surface area contributed by atoms with Crippen LogP contribution < -0.4 is 0 Å². The van der Waals surface area contributed by atoms with Crippen LogP contribution in [0.1, 0.15) is 36.4 Å². The van der Waals surface area contributed by atoms with Crippen molar-refractivity contribution in [2.24, 2.45) is 11.0 Å². The smallest absolute Gasteiger partial charge is 0.253 e. The van der Waals surface area contributed by atoms with Crippen LogP contribution in [0.5, 0.6) is 0 Å². The molecular formula is C29H26N4OS. The van der Waals surface area contributed by atoms with Crippen LogP contribution in [0.15, 0.2) is 101 Å². The van der Waals surface area contributed by atoms with Gasteiger partial charge in [-0.15, -0.1) is 0 Å². The molecule has 35 heavy (non-hydrogen) atoms. The highest BCUT2D eigenvalue weighted by Crippen LogP contribution is 2.44. The maximum Gasteiger partial charge on any atom is 0.253 e. The Kier molecular flexibility index (Phi) is 5.96. The van der Waals surface area contributed by atoms with Gasteiger partial charge in [0.15, 0.2) is 5.16 Å². The molecule has 1 aromatic heterocycles. The number of aromatic amines is 1. The molecule has 6 heteroatoms. The number of amides is 1. The summed E-state index contributed by atoms with van der Waals surface area (Å²) in [5.41, 5.74) is 6.51. The van der Waals surface area contributed by atoms with E-state index in [1.807, 2.05) is 48.5 Å². The quantitative estimate of drug-likeness (QED) is 0.334. The third kappa shape index (κ3) is 4.42. The van der Waals surface area contributed by atoms with E-state index in [0.29, 0.717) is 0 Å². The molecule has 1 N–H and O–H groups in total. The number of imidazole rings is 1. The van der Waals surface area contributed by atoms with Crippen molar-refractivity contribution in [2.45, 2.75) is 30.5 Å². The number of carbonyl (C=O) groups is 1. The summed E-state index contributed by atoms with van der Waals surface area (Å²) < 4.78 is 0. The van der Waals surface area contributed by atoms with Crippen LogP contribution in [0.3, 0.4) is 0 Å². The first-order valence-electron chi connectivity index (χ1n) is 12.1. The maximum absolute atomic E-state index is 13.6. The van der Waals surface area contributed by atoms with Gasteiger partial charge in [0.1, 0.15) is 0 Å². The highest BCUT2D eigenvalue weighted by atomic mass is 32.2. The molecule has 1 aliphatic heterocycles. The van der Waals surface area contributed by atoms with Gasteiger partial charge in [0, 0.05) is 5.92 Å². The van der Waals surface area contributed by atoms with Crippen molar-refractivity contribution in [3.05, 3.63) is 102 Å². The zero-order valence-corrected chi connectivity index (χ0v) is 20.1. The van der Waals surface area contributed by atoms with Gasteiger partial charge in [0.05, 0.1) is 28.5 Å². The van der Waals surface area contributed by atoms with Crippen molar-refractivity contribution >= 4 is 40.5 Å². The molecule has 1 amide bonds. The lowest BCUT2D eigenvalue weighted by Crippen LogP contribution is -2.32. The number of aromatic nitrogens is 2. The lowest BCUT2D eigenvalue weighted by atomic mass is 9.77. The number of thioether (sulfide) groups is 1. The van der Waals surface area contributed by atoms with Crippen LogP contribution in [0.4, 0.5) is 0 Å². The average molecular weight is 479 g/mol. The van der Waals surface area contributed by atoms with Gasteiger partial charge in [-0.2, -0.15) is 5.10 Å². The molecule has 0 spiro atoms. The Balaban J connectivity index is 1.30. The second-order valence-corrected chi connectivity index (χ2v) is 9.97. The maximum atomic E-state index is 13.6. The fraction of sp³-hybridized carbons (Fsp3) is 0.207. The molecule has 1 aliphatic carbocycles. The predicted molar refractivity (Wildman–Crippen MR) is 142 cm³/mol. The summed E-state index contributed by atoms with van der Waals surface area (Å²) in [5, 5.41) is 7.49. The SMILES string of the molecule is O=C(CSc1nc2ccccc2[nH]1)N1N=C2C(=Cc3ccccc3)CCCC2C1c1ccccc1. The number of hydrazone groups is 1. The lowest BCUT2D eigenvalue weighted by molar-refractivity contribution is -0.130. The van der Waals surface area contributed by atoms with Crippen molar-refractivity contribution < 1.29 is 4.79 Å². The number of fused-ring (bicyclic) bond motifs is 2. The number of H-pyrrole nitrogens is 1. The topological polar surface area (TPSA) is 61.4 Å². The first-order chi connectivity index (χ1) is 17.3. The summed E-state index contributed by atoms with van der Waals surface area (Å²) in [6.45, 7) is 0. The van der Waals surface area contributed by atoms with E-state index in [1.54, 1.807) is 5.01 Å². The molecule has 6 rings (SSSR count). The summed E-state index contributed by atoms with van der Waals surface area (Å²) in [5.74, 6) is 0.497. The van der Waals surface area contributed by atoms with Gasteiger partial charge in [-0.3, -0.25) is 4.79 Å². The van der Waals surface area contributed by atoms with E-state index in [2.05, 4.69) is 52.4 Å². The zero-order chi connectivity index (χ0) is 23.6. The molecule has 2 aliphatic rings. The van der Waals surface area contributed by atoms with Crippen molar-refractivity contribution in [1.82, 2.24) is 15.0 Å². The van der Waals surface area contributed by atoms with Gasteiger partial charge in [-0.1, -0.05) is 84.6 Å². The van der Waals surface area contributed by atoms with Crippen molar-refractivity contribution in [3.8, 4) is 0 Å². The van der Waals surface area contributed by atoms with Gasteiger partial charge in [0.2, 0.25) is 0 Å². The third-order valence-corrected chi connectivity index (χ3v) is 7.60. The molecule has 1 fully saturated rings. The third-order valence-electron chi connectivity index (χ3n) is 6.74. The largest absolute Gasteiger partial charge is 0.333 e. The van der Waals surface area contributed by atoms with E-state index >= 15 is 0 Å². The van der Waals surface area contributed by atoms with E-state index < -0.39 is 0 Å². The second-order valence-electron chi connectivity index (χ2n) is 9.01. The molecule has 2 unspecified atom stereocenters. The zero-order valence-electron chi connectivity index (χ0n) is 19.3. The first-order valence-corrected chi connectivity index (χ1v) is 13.0. The minimum absolute atomic E-state index is 0.00488. The van der Waals surface area contributed by atoms with Gasteiger partial charge in [0.25, 0.3) is 5.91 Å². The van der Waals surface area contributed by atoms with Crippen LogP contribution in [0, 0.1) is 5.92 Å². The molecular weight excluding hydrogens is 452 g/mol. The van der Waals surface area contributed by atoms with Gasteiger partial charge >= 0.3 is 0 Å². The molecule has 0 saturated heterocycles. The highest BCUT2D eigenvalue weighted by Gasteiger charge is 2.43. The molecule has 0 radical (unpaired) electrons. The Hall–Kier alpha value is -3.64. The van der Waals surface area contributed by atoms with Crippen molar-refractivity contribution in [1.29, 1.82) is 0 Å². The predicted octanol–water partition coefficient (Wildman–Crippen LogP) is 6.48. The van der Waals surface area contributed by atoms with E-state index in [4.69, 9.17) is 5.10 Å². The average Bonchev–Trinajstić information content (AvgIpc) is 3.50. The Morgan fingerprint density at radius 3 is 2.54 bits per heavy atom. The Morgan fingerprint density at radius 2 is 1.74 bits per heavy atom. The Bertz CT molecular complexity index is 1380. The van der Waals surface area contributed by atoms with Crippen LogP contribution in [0.2, 0.25) is 0 Å². The highest BCUT2D eigenvalue weighted by molar-refractivity contribution is 7.99. The fourth-order valence-electron chi connectivity index (χ4n) is 5.14. The van der Waals surface area contributed by atoms with Crippen LogP contribution >= 0.6 is 11.8 Å². The van der Waals surface area contributed by atoms with Crippen molar-refractivity contribution in [3.63, 3.8) is 0 Å². The lowest BCUT2D eigenvalue weighted by Gasteiger charge is -2.29. The molecule has 4 aromatic rings. The fourth-order valence-corrected chi connectivity index (χ4v) is 5.87. The number of nitrogens with zero attached hydrogens (tertiary/aromatic N) is 3. The number of nitrogens with one attached hydrogen (secondary N) is 1. The van der Waals surface area contributed by atoms with Gasteiger partial charge in [-0.05, 0) is 54.2 Å². The molecule has 0 bridgehead atoms. The number of rotatable bonds is 5. The second kappa shape index (κ2) is 9.55. The summed E-state index contributed by atoms with van der Waals surface area (Å²) in [4.78, 5) is 21.5. The minimum Gasteiger partial charge on any atom is -0.333 e. The first kappa shape index (κ1) is 21.9. The number of benzene rings is 3. The summed E-state index contributed by atoms with van der Waals surface area (Å²) in [7, 11) is 0. The Labute approximate surface area is 209 Å². The molecule has 3 aromatic carbocycles.